The molecule has 254 valence electrons. The number of carbonyl (C=O) groups is 1. The van der Waals surface area contributed by atoms with E-state index in [2.05, 4.69) is 26.7 Å². The Labute approximate surface area is 288 Å². The number of aliphatic hydroxyl groups is 1. The fourth-order valence-electron chi connectivity index (χ4n) is 8.28. The third-order valence-corrected chi connectivity index (χ3v) is 13.7. The Hall–Kier alpha value is -3.40. The van der Waals surface area contributed by atoms with E-state index >= 15 is 0 Å². The molecule has 3 heterocycles. The number of aryl methyl sites for hydroxylation is 2. The monoisotopic (exact) mass is 689 g/mol. The van der Waals surface area contributed by atoms with Gasteiger partial charge in [-0.2, -0.15) is 0 Å². The minimum absolute atomic E-state index is 0.0878. The molecule has 3 aromatic rings. The molecule has 4 aliphatic rings. The van der Waals surface area contributed by atoms with Gasteiger partial charge in [0.15, 0.2) is 0 Å². The van der Waals surface area contributed by atoms with E-state index < -0.39 is 26.8 Å². The van der Waals surface area contributed by atoms with Gasteiger partial charge in [-0.15, -0.1) is 0 Å². The molecule has 2 N–H and O–H groups in total. The molecule has 0 saturated heterocycles. The van der Waals surface area contributed by atoms with Crippen LogP contribution in [0.2, 0.25) is 5.02 Å². The number of hydrogen-bond acceptors (Lipinski definition) is 7. The fourth-order valence-corrected chi connectivity index (χ4v) is 9.76. The summed E-state index contributed by atoms with van der Waals surface area (Å²) in [6.07, 6.45) is 10.6. The van der Waals surface area contributed by atoms with Crippen LogP contribution in [0.5, 0.6) is 5.75 Å². The normalized spacial score (nSPS) is 32.1. The van der Waals surface area contributed by atoms with Gasteiger partial charge < -0.3 is 14.7 Å². The lowest BCUT2D eigenvalue weighted by Crippen LogP contribution is -2.51. The molecule has 48 heavy (non-hydrogen) atoms. The van der Waals surface area contributed by atoms with E-state index in [0.717, 1.165) is 54.1 Å². The van der Waals surface area contributed by atoms with Crippen molar-refractivity contribution < 1.29 is 23.1 Å². The molecule has 1 spiro atoms. The summed E-state index contributed by atoms with van der Waals surface area (Å²) >= 11 is 6.45. The molecule has 6 atom stereocenters. The van der Waals surface area contributed by atoms with E-state index in [0.29, 0.717) is 31.9 Å². The number of halogens is 1. The number of allylic oxidation sites excluding steroid dienone is 1. The zero-order chi connectivity index (χ0) is 33.8. The Morgan fingerprint density at radius 2 is 1.94 bits per heavy atom. The number of hydrogen-bond donors (Lipinski definition) is 2. The molecule has 1 amide bonds. The number of ether oxygens (including phenoxy) is 1. The van der Waals surface area contributed by atoms with Gasteiger partial charge in [-0.1, -0.05) is 42.8 Å². The van der Waals surface area contributed by atoms with Gasteiger partial charge in [0.2, 0.25) is 10.0 Å². The van der Waals surface area contributed by atoms with Crippen molar-refractivity contribution in [2.24, 2.45) is 17.8 Å². The number of aromatic nitrogens is 1. The number of sulfonamides is 1. The number of benzene rings is 2. The van der Waals surface area contributed by atoms with E-state index in [1.807, 2.05) is 44.2 Å². The Balaban J connectivity index is 1.35. The maximum atomic E-state index is 13.5. The molecular weight excluding hydrogens is 646 g/mol. The van der Waals surface area contributed by atoms with Crippen LogP contribution in [0.4, 0.5) is 5.69 Å². The SMILES string of the molecule is Cc1ccc([C@@]2(O)/C=C\C[C@H](C)[C@@H](C)S(=O)(=O)NC(=O)c3ccc4c(c3)N(C[C@@H]3CC[C@H]32)C[C@@]2(CCCc3cc(Cl)ccc32)CO4)cn1. The lowest BCUT2D eigenvalue weighted by Gasteiger charge is -2.49. The highest BCUT2D eigenvalue weighted by atomic mass is 35.5. The molecule has 7 rings (SSSR count). The highest BCUT2D eigenvalue weighted by Gasteiger charge is 2.49. The summed E-state index contributed by atoms with van der Waals surface area (Å²) < 4.78 is 35.8. The van der Waals surface area contributed by atoms with E-state index in [9.17, 15) is 18.3 Å². The molecule has 2 aromatic carbocycles. The Morgan fingerprint density at radius 3 is 2.69 bits per heavy atom. The molecule has 0 radical (unpaired) electrons. The van der Waals surface area contributed by atoms with Crippen LogP contribution < -0.4 is 14.4 Å². The van der Waals surface area contributed by atoms with Crippen molar-refractivity contribution in [3.05, 3.63) is 99.9 Å². The van der Waals surface area contributed by atoms with E-state index in [-0.39, 0.29) is 28.7 Å². The fraction of sp³-hybridized carbons (Fsp3) is 0.474. The first-order chi connectivity index (χ1) is 22.9. The first-order valence-electron chi connectivity index (χ1n) is 17.1. The largest absolute Gasteiger partial charge is 0.490 e. The highest BCUT2D eigenvalue weighted by Crippen LogP contribution is 2.50. The van der Waals surface area contributed by atoms with Gasteiger partial charge in [0.1, 0.15) is 11.4 Å². The van der Waals surface area contributed by atoms with Crippen LogP contribution >= 0.6 is 11.6 Å². The van der Waals surface area contributed by atoms with Gasteiger partial charge in [0.05, 0.1) is 17.5 Å². The van der Waals surface area contributed by atoms with Crippen molar-refractivity contribution in [2.45, 2.75) is 75.6 Å². The third-order valence-electron chi connectivity index (χ3n) is 11.5. The predicted octanol–water partition coefficient (Wildman–Crippen LogP) is 6.47. The van der Waals surface area contributed by atoms with Gasteiger partial charge in [-0.05, 0) is 112 Å². The Morgan fingerprint density at radius 1 is 1.10 bits per heavy atom. The van der Waals surface area contributed by atoms with Crippen molar-refractivity contribution in [1.82, 2.24) is 9.71 Å². The minimum atomic E-state index is -3.99. The average molecular weight is 690 g/mol. The molecule has 1 saturated carbocycles. The zero-order valence-electron chi connectivity index (χ0n) is 27.8. The van der Waals surface area contributed by atoms with Gasteiger partial charge in [0.25, 0.3) is 5.91 Å². The summed E-state index contributed by atoms with van der Waals surface area (Å²) in [7, 11) is -3.99. The van der Waals surface area contributed by atoms with Gasteiger partial charge in [-0.3, -0.25) is 9.78 Å². The maximum absolute atomic E-state index is 13.5. The Bertz CT molecular complexity index is 1860. The predicted molar refractivity (Wildman–Crippen MR) is 188 cm³/mol. The van der Waals surface area contributed by atoms with Crippen LogP contribution in [0.15, 0.2) is 66.9 Å². The van der Waals surface area contributed by atoms with Crippen LogP contribution in [0, 0.1) is 24.7 Å². The molecule has 2 aliphatic heterocycles. The van der Waals surface area contributed by atoms with Crippen molar-refractivity contribution in [1.29, 1.82) is 0 Å². The number of anilines is 1. The summed E-state index contributed by atoms with van der Waals surface area (Å²) in [4.78, 5) is 20.4. The van der Waals surface area contributed by atoms with Crippen molar-refractivity contribution in [3.63, 3.8) is 0 Å². The lowest BCUT2D eigenvalue weighted by atomic mass is 9.62. The summed E-state index contributed by atoms with van der Waals surface area (Å²) in [5, 5.41) is 12.5. The summed E-state index contributed by atoms with van der Waals surface area (Å²) in [5.41, 5.74) is 3.50. The molecular formula is C38H44ClN3O5S. The molecule has 2 bridgehead atoms. The van der Waals surface area contributed by atoms with Crippen molar-refractivity contribution >= 4 is 33.2 Å². The Kier molecular flexibility index (Phi) is 8.61. The second kappa shape index (κ2) is 12.5. The topological polar surface area (TPSA) is 109 Å². The van der Waals surface area contributed by atoms with Crippen LogP contribution in [-0.2, 0) is 27.5 Å². The van der Waals surface area contributed by atoms with Gasteiger partial charge >= 0.3 is 0 Å². The molecule has 1 aromatic heterocycles. The van der Waals surface area contributed by atoms with Gasteiger partial charge in [0, 0.05) is 52.5 Å². The average Bonchev–Trinajstić information content (AvgIpc) is 3.19. The van der Waals surface area contributed by atoms with E-state index in [1.165, 1.54) is 11.1 Å². The van der Waals surface area contributed by atoms with E-state index in [1.54, 1.807) is 31.3 Å². The van der Waals surface area contributed by atoms with Gasteiger partial charge in [-0.25, -0.2) is 13.1 Å². The number of amides is 1. The van der Waals surface area contributed by atoms with Crippen LogP contribution in [0.1, 0.15) is 78.7 Å². The molecule has 1 fully saturated rings. The smallest absolute Gasteiger partial charge is 0.264 e. The van der Waals surface area contributed by atoms with Crippen LogP contribution in [0.25, 0.3) is 0 Å². The number of nitrogens with zero attached hydrogens (tertiary/aromatic N) is 2. The molecule has 0 unspecified atom stereocenters. The number of pyridine rings is 1. The van der Waals surface area contributed by atoms with E-state index in [4.69, 9.17) is 16.3 Å². The first kappa shape index (κ1) is 33.1. The summed E-state index contributed by atoms with van der Waals surface area (Å²) in [6.45, 7) is 7.16. The zero-order valence-corrected chi connectivity index (χ0v) is 29.4. The number of rotatable bonds is 1. The quantitative estimate of drug-likeness (QED) is 0.282. The van der Waals surface area contributed by atoms with Crippen molar-refractivity contribution in [2.75, 3.05) is 24.6 Å². The summed E-state index contributed by atoms with van der Waals surface area (Å²) in [6, 6.07) is 15.2. The standard InChI is InChI=1S/C38H44ClN3O5S/c1-24-6-4-17-38(44,30-11-8-25(2)40-20-30)33-13-9-29(33)21-42-22-37(16-5-7-27-18-31(39)12-14-32(27)37)23-47-35-15-10-28(19-34(35)42)36(43)41-48(45,46)26(24)3/h4,8,10-12,14-15,17-20,24,26,29,33,44H,5-7,9,13,16,21-23H2,1-3H3,(H,41,43)/b17-4-/t24-,26+,29-,33+,37-,38-/m0/s1. The van der Waals surface area contributed by atoms with Crippen molar-refractivity contribution in [3.8, 4) is 5.75 Å². The number of nitrogens with one attached hydrogen (secondary N) is 1. The molecule has 8 nitrogen and oxygen atoms in total. The minimum Gasteiger partial charge on any atom is -0.490 e. The summed E-state index contributed by atoms with van der Waals surface area (Å²) in [5.74, 6) is -0.255. The number of fused-ring (bicyclic) bond motifs is 4. The molecule has 10 heteroatoms. The second-order valence-corrected chi connectivity index (χ2v) is 17.0. The third kappa shape index (κ3) is 5.92. The number of carbonyl (C=O) groups excluding carboxylic acids is 1. The lowest BCUT2D eigenvalue weighted by molar-refractivity contribution is -0.0502. The molecule has 2 aliphatic carbocycles. The maximum Gasteiger partial charge on any atom is 0.264 e. The van der Waals surface area contributed by atoms with Crippen LogP contribution in [-0.4, -0.2) is 49.4 Å². The highest BCUT2D eigenvalue weighted by molar-refractivity contribution is 7.90. The second-order valence-electron chi connectivity index (χ2n) is 14.5. The van der Waals surface area contributed by atoms with Crippen LogP contribution in [0.3, 0.4) is 0 Å². The first-order valence-corrected chi connectivity index (χ1v) is 19.0.